The van der Waals surface area contributed by atoms with Gasteiger partial charge in [0.25, 0.3) is 0 Å². The second-order valence-corrected chi connectivity index (χ2v) is 4.48. The Morgan fingerprint density at radius 1 is 0.448 bits per heavy atom. The summed E-state index contributed by atoms with van der Waals surface area (Å²) in [5.74, 6) is -10.5. The van der Waals surface area contributed by atoms with E-state index in [0.717, 1.165) is 9.80 Å². The van der Waals surface area contributed by atoms with Crippen LogP contribution in [0.2, 0.25) is 0 Å². The van der Waals surface area contributed by atoms with E-state index in [4.69, 9.17) is 19.8 Å². The van der Waals surface area contributed by atoms with Crippen molar-refractivity contribution in [3.05, 3.63) is 0 Å². The molecule has 0 bridgehead atoms. The molecule has 0 aromatic heterocycles. The molecule has 0 heterocycles. The predicted octanol–water partition coefficient (Wildman–Crippen LogP) is -12.1. The minimum atomic E-state index is -2.19. The molecule has 0 aliphatic carbocycles. The third kappa shape index (κ3) is 30.8. The third-order valence-electron chi connectivity index (χ3n) is 2.31. The maximum Gasteiger partial charge on any atom is 2.00 e. The van der Waals surface area contributed by atoms with Gasteiger partial charge in [0.1, 0.15) is 0 Å². The number of aliphatic carboxylic acids is 6. The van der Waals surface area contributed by atoms with Gasteiger partial charge in [-0.15, -0.1) is 0 Å². The van der Waals surface area contributed by atoms with Crippen LogP contribution in [0.25, 0.3) is 0 Å². The van der Waals surface area contributed by atoms with E-state index in [1.165, 1.54) is 0 Å². The van der Waals surface area contributed by atoms with Crippen LogP contribution in [-0.4, -0.2) is 198 Å². The van der Waals surface area contributed by atoms with E-state index >= 15 is 0 Å². The summed E-state index contributed by atoms with van der Waals surface area (Å²) >= 11 is 0. The normalized spacial score (nSPS) is 8.90. The summed E-state index contributed by atoms with van der Waals surface area (Å²) in [5, 5.41) is 59.5. The topological polar surface area (TPSA) is 247 Å². The standard InChI is InChI=1S/C10H16N2O8.C2H2O4.3Ca/c13-7(14)3-11(4-8(15)16)1-2-12(5-9(17)18)6-10(19)20;3-1(4)2(5)6;;;/h1-6H2,(H,13,14)(H,15,16)(H,17,18)(H,19,20);(H,3,4)(H,5,6);;;/q;;3*+2/p-6. The van der Waals surface area contributed by atoms with Crippen LogP contribution in [0, 0.1) is 0 Å². The summed E-state index contributed by atoms with van der Waals surface area (Å²) in [4.78, 5) is 61.3. The third-order valence-corrected chi connectivity index (χ3v) is 2.31. The maximum absolute atomic E-state index is 10.4. The summed E-state index contributed by atoms with van der Waals surface area (Å²) in [7, 11) is 0. The Labute approximate surface area is 253 Å². The summed E-state index contributed by atoms with van der Waals surface area (Å²) in [5.41, 5.74) is 0. The van der Waals surface area contributed by atoms with Gasteiger partial charge in [0.15, 0.2) is 0 Å². The van der Waals surface area contributed by atoms with Crippen molar-refractivity contribution in [3.8, 4) is 0 Å². The molecular formula is C12H12Ca3N2O12. The fourth-order valence-electron chi connectivity index (χ4n) is 1.44. The number of carbonyl (C=O) groups excluding carboxylic acids is 6. The van der Waals surface area contributed by atoms with Crippen molar-refractivity contribution in [3.63, 3.8) is 0 Å². The van der Waals surface area contributed by atoms with Crippen LogP contribution in [0.5, 0.6) is 0 Å². The van der Waals surface area contributed by atoms with Crippen LogP contribution >= 0.6 is 0 Å². The van der Waals surface area contributed by atoms with Crippen molar-refractivity contribution in [1.29, 1.82) is 0 Å². The molecule has 0 radical (unpaired) electrons. The summed E-state index contributed by atoms with van der Waals surface area (Å²) < 4.78 is 0. The van der Waals surface area contributed by atoms with Gasteiger partial charge >= 0.3 is 113 Å². The van der Waals surface area contributed by atoms with Crippen LogP contribution in [0.15, 0.2) is 0 Å². The molecule has 0 aliphatic rings. The fourth-order valence-corrected chi connectivity index (χ4v) is 1.44. The molecule has 0 spiro atoms. The largest absolute Gasteiger partial charge is 2.00 e. The Morgan fingerprint density at radius 2 is 0.621 bits per heavy atom. The molecule has 14 nitrogen and oxygen atoms in total. The van der Waals surface area contributed by atoms with E-state index in [9.17, 15) is 39.6 Å². The molecule has 0 atom stereocenters. The van der Waals surface area contributed by atoms with Gasteiger partial charge in [-0.1, -0.05) is 0 Å². The first-order valence-electron chi connectivity index (χ1n) is 6.51. The zero-order chi connectivity index (χ0) is 20.9. The summed E-state index contributed by atoms with van der Waals surface area (Å²) in [6, 6.07) is 0. The Balaban J connectivity index is -0.000000186. The number of hydrogen-bond donors (Lipinski definition) is 0. The van der Waals surface area contributed by atoms with Gasteiger partial charge in [-0.2, -0.15) is 0 Å². The van der Waals surface area contributed by atoms with Crippen LogP contribution in [0.1, 0.15) is 0 Å². The molecule has 17 heteroatoms. The molecule has 0 saturated heterocycles. The van der Waals surface area contributed by atoms with Crippen molar-refractivity contribution in [2.24, 2.45) is 0 Å². The molecule has 0 aromatic carbocycles. The molecule has 0 saturated carbocycles. The second kappa shape index (κ2) is 23.2. The van der Waals surface area contributed by atoms with E-state index in [1.807, 2.05) is 0 Å². The van der Waals surface area contributed by atoms with Crippen molar-refractivity contribution in [2.45, 2.75) is 0 Å². The molecule has 0 aliphatic heterocycles. The van der Waals surface area contributed by atoms with Gasteiger partial charge in [-0.25, -0.2) is 0 Å². The van der Waals surface area contributed by atoms with Crippen LogP contribution in [0.4, 0.5) is 0 Å². The average molecular weight is 496 g/mol. The minimum absolute atomic E-state index is 0. The van der Waals surface area contributed by atoms with Gasteiger partial charge in [0, 0.05) is 39.3 Å². The minimum Gasteiger partial charge on any atom is -0.549 e. The first-order chi connectivity index (χ1) is 11.8. The molecule has 0 unspecified atom stereocenters. The van der Waals surface area contributed by atoms with Gasteiger partial charge in [-0.3, -0.25) is 9.80 Å². The number of rotatable bonds is 11. The predicted molar refractivity (Wildman–Crippen MR) is 80.2 cm³/mol. The molecular weight excluding hydrogens is 484 g/mol. The number of hydrogen-bond acceptors (Lipinski definition) is 14. The van der Waals surface area contributed by atoms with Gasteiger partial charge in [0.05, 0.1) is 35.8 Å². The summed E-state index contributed by atoms with van der Waals surface area (Å²) in [6.07, 6.45) is 0. The van der Waals surface area contributed by atoms with Crippen LogP contribution in [-0.2, 0) is 28.8 Å². The number of carbonyl (C=O) groups is 6. The smallest absolute Gasteiger partial charge is 0.549 e. The van der Waals surface area contributed by atoms with Crippen molar-refractivity contribution >= 4 is 149 Å². The molecule has 0 fully saturated rings. The van der Waals surface area contributed by atoms with E-state index in [1.54, 1.807) is 0 Å². The van der Waals surface area contributed by atoms with Gasteiger partial charge < -0.3 is 59.4 Å². The van der Waals surface area contributed by atoms with Gasteiger partial charge in [-0.05, 0) is 0 Å². The van der Waals surface area contributed by atoms with Crippen LogP contribution < -0.4 is 30.6 Å². The molecule has 0 rings (SSSR count). The Hall–Kier alpha value is 0.519. The van der Waals surface area contributed by atoms with Gasteiger partial charge in [0.2, 0.25) is 0 Å². The van der Waals surface area contributed by atoms with Crippen molar-refractivity contribution in [1.82, 2.24) is 9.80 Å². The Bertz CT molecular complexity index is 480. The van der Waals surface area contributed by atoms with E-state index in [0.29, 0.717) is 0 Å². The van der Waals surface area contributed by atoms with E-state index in [-0.39, 0.29) is 126 Å². The zero-order valence-electron chi connectivity index (χ0n) is 15.2. The summed E-state index contributed by atoms with van der Waals surface area (Å²) in [6.45, 7) is -3.25. The SMILES string of the molecule is O=C([O-])C(=O)[O-].O=C([O-])CN(CCN(CC(=O)[O-])CC(=O)[O-])CC(=O)[O-].[Ca+2].[Ca+2].[Ca+2]. The van der Waals surface area contributed by atoms with E-state index < -0.39 is 62.0 Å². The monoisotopic (exact) mass is 496 g/mol. The number of carboxylic acids is 6. The zero-order valence-corrected chi connectivity index (χ0v) is 21.8. The van der Waals surface area contributed by atoms with Crippen LogP contribution in [0.3, 0.4) is 0 Å². The maximum atomic E-state index is 10.4. The second-order valence-electron chi connectivity index (χ2n) is 4.48. The average Bonchev–Trinajstić information content (AvgIpc) is 2.42. The fraction of sp³-hybridized carbons (Fsp3) is 0.500. The molecule has 0 N–H and O–H groups in total. The number of nitrogens with zero attached hydrogens (tertiary/aromatic N) is 2. The molecule has 148 valence electrons. The molecule has 0 aromatic rings. The first-order valence-corrected chi connectivity index (χ1v) is 6.51. The molecule has 29 heavy (non-hydrogen) atoms. The number of carboxylic acid groups (broad SMARTS) is 6. The Morgan fingerprint density at radius 3 is 0.724 bits per heavy atom. The Kier molecular flexibility index (Phi) is 31.9. The van der Waals surface area contributed by atoms with E-state index in [2.05, 4.69) is 0 Å². The quantitative estimate of drug-likeness (QED) is 0.190. The van der Waals surface area contributed by atoms with Crippen molar-refractivity contribution in [2.75, 3.05) is 39.3 Å². The van der Waals surface area contributed by atoms with Crippen molar-refractivity contribution < 1.29 is 59.4 Å². The molecule has 0 amide bonds. The first kappa shape index (κ1) is 39.9.